The van der Waals surface area contributed by atoms with E-state index in [9.17, 15) is 0 Å². The maximum Gasteiger partial charge on any atom is 0.191 e. The number of hydrogen-bond donors (Lipinski definition) is 3. The van der Waals surface area contributed by atoms with Crippen molar-refractivity contribution in [3.05, 3.63) is 34.9 Å². The van der Waals surface area contributed by atoms with Crippen LogP contribution in [-0.2, 0) is 12.5 Å². The number of guanidine groups is 1. The number of aryl methyl sites for hydroxylation is 1. The van der Waals surface area contributed by atoms with Crippen molar-refractivity contribution in [1.82, 2.24) is 30.4 Å². The molecule has 150 valence electrons. The lowest BCUT2D eigenvalue weighted by Crippen LogP contribution is -2.40. The first kappa shape index (κ1) is 20.1. The van der Waals surface area contributed by atoms with Gasteiger partial charge in [-0.15, -0.1) is 11.3 Å². The number of anilines is 1. The Labute approximate surface area is 169 Å². The van der Waals surface area contributed by atoms with E-state index in [1.54, 1.807) is 28.5 Å². The third kappa shape index (κ3) is 4.78. The summed E-state index contributed by atoms with van der Waals surface area (Å²) in [5.74, 6) is 1.61. The van der Waals surface area contributed by atoms with Gasteiger partial charge in [-0.25, -0.2) is 9.97 Å². The molecule has 0 spiro atoms. The summed E-state index contributed by atoms with van der Waals surface area (Å²) in [6.45, 7) is 9.49. The average Bonchev–Trinajstić information content (AvgIpc) is 3.34. The normalized spacial score (nSPS) is 12.4. The van der Waals surface area contributed by atoms with Gasteiger partial charge in [0.1, 0.15) is 12.1 Å². The smallest absolute Gasteiger partial charge is 0.191 e. The topological polar surface area (TPSA) is 92.1 Å². The first-order valence-corrected chi connectivity index (χ1v) is 10.3. The van der Waals surface area contributed by atoms with E-state index in [1.165, 1.54) is 4.88 Å². The van der Waals surface area contributed by atoms with Crippen LogP contribution in [0, 0.1) is 0 Å². The van der Waals surface area contributed by atoms with Crippen molar-refractivity contribution in [3.63, 3.8) is 0 Å². The Morgan fingerprint density at radius 3 is 2.86 bits per heavy atom. The Morgan fingerprint density at radius 1 is 1.25 bits per heavy atom. The van der Waals surface area contributed by atoms with Crippen LogP contribution in [0.2, 0.25) is 0 Å². The van der Waals surface area contributed by atoms with Crippen molar-refractivity contribution in [2.75, 3.05) is 31.5 Å². The molecule has 0 aliphatic heterocycles. The second kappa shape index (κ2) is 9.01. The largest absolute Gasteiger partial charge is 0.368 e. The highest BCUT2D eigenvalue weighted by Gasteiger charge is 2.21. The van der Waals surface area contributed by atoms with Gasteiger partial charge >= 0.3 is 0 Å². The molecule has 0 unspecified atom stereocenters. The summed E-state index contributed by atoms with van der Waals surface area (Å²) in [7, 11) is 1.87. The average molecular weight is 401 g/mol. The van der Waals surface area contributed by atoms with Crippen LogP contribution in [0.25, 0.3) is 11.0 Å². The van der Waals surface area contributed by atoms with E-state index >= 15 is 0 Å². The lowest BCUT2D eigenvalue weighted by Gasteiger charge is -2.22. The molecule has 0 bridgehead atoms. The van der Waals surface area contributed by atoms with Gasteiger partial charge < -0.3 is 16.0 Å². The predicted molar refractivity (Wildman–Crippen MR) is 116 cm³/mol. The first-order chi connectivity index (χ1) is 13.5. The molecule has 0 fully saturated rings. The Morgan fingerprint density at radius 2 is 2.11 bits per heavy atom. The van der Waals surface area contributed by atoms with Crippen LogP contribution in [0.4, 0.5) is 5.82 Å². The van der Waals surface area contributed by atoms with Crippen LogP contribution in [0.5, 0.6) is 0 Å². The fourth-order valence-corrected chi connectivity index (χ4v) is 3.67. The number of aliphatic imine (C=N–C) groups is 1. The SMILES string of the molecule is CCNC(=NCC(C)(C)c1cccs1)NCCNc1ncnc2c1cnn2C. The van der Waals surface area contributed by atoms with E-state index in [4.69, 9.17) is 4.99 Å². The van der Waals surface area contributed by atoms with E-state index in [1.807, 2.05) is 7.05 Å². The second-order valence-electron chi connectivity index (χ2n) is 7.14. The highest BCUT2D eigenvalue weighted by Crippen LogP contribution is 2.27. The van der Waals surface area contributed by atoms with Gasteiger partial charge in [-0.3, -0.25) is 9.67 Å². The lowest BCUT2D eigenvalue weighted by molar-refractivity contribution is 0.548. The molecule has 28 heavy (non-hydrogen) atoms. The van der Waals surface area contributed by atoms with Crippen molar-refractivity contribution in [1.29, 1.82) is 0 Å². The maximum absolute atomic E-state index is 4.77. The predicted octanol–water partition coefficient (Wildman–Crippen LogP) is 2.37. The summed E-state index contributed by atoms with van der Waals surface area (Å²) in [5.41, 5.74) is 0.831. The van der Waals surface area contributed by atoms with Gasteiger partial charge in [-0.1, -0.05) is 19.9 Å². The zero-order chi connectivity index (χ0) is 20.0. The molecule has 0 aromatic carbocycles. The number of hydrogen-bond acceptors (Lipinski definition) is 6. The van der Waals surface area contributed by atoms with Crippen molar-refractivity contribution in [2.24, 2.45) is 12.0 Å². The Bertz CT molecular complexity index is 913. The van der Waals surface area contributed by atoms with Crippen LogP contribution < -0.4 is 16.0 Å². The molecule has 3 aromatic heterocycles. The van der Waals surface area contributed by atoms with E-state index in [0.717, 1.165) is 42.4 Å². The van der Waals surface area contributed by atoms with Gasteiger partial charge in [0.05, 0.1) is 18.1 Å². The van der Waals surface area contributed by atoms with Gasteiger partial charge in [0, 0.05) is 37.0 Å². The van der Waals surface area contributed by atoms with Gasteiger partial charge in [-0.2, -0.15) is 5.10 Å². The molecule has 3 N–H and O–H groups in total. The fourth-order valence-electron chi connectivity index (χ4n) is 2.82. The monoisotopic (exact) mass is 400 g/mol. The van der Waals surface area contributed by atoms with Crippen molar-refractivity contribution < 1.29 is 0 Å². The van der Waals surface area contributed by atoms with E-state index in [-0.39, 0.29) is 5.41 Å². The third-order valence-corrected chi connectivity index (χ3v) is 5.64. The quantitative estimate of drug-likeness (QED) is 0.305. The molecular weight excluding hydrogens is 372 g/mol. The maximum atomic E-state index is 4.77. The summed E-state index contributed by atoms with van der Waals surface area (Å²) < 4.78 is 1.74. The minimum atomic E-state index is 0.0155. The molecule has 0 aliphatic carbocycles. The molecular formula is C19H28N8S. The Hall–Kier alpha value is -2.68. The molecule has 9 heteroatoms. The molecule has 0 saturated heterocycles. The molecule has 0 saturated carbocycles. The van der Waals surface area contributed by atoms with Gasteiger partial charge in [0.2, 0.25) is 0 Å². The number of nitrogens with zero attached hydrogens (tertiary/aromatic N) is 5. The first-order valence-electron chi connectivity index (χ1n) is 9.44. The van der Waals surface area contributed by atoms with Crippen LogP contribution in [0.1, 0.15) is 25.6 Å². The minimum absolute atomic E-state index is 0.0155. The van der Waals surface area contributed by atoms with Gasteiger partial charge in [0.15, 0.2) is 11.6 Å². The standard InChI is InChI=1S/C19H28N8S/c1-5-20-18(23-12-19(2,3)15-7-6-10-28-15)22-9-8-21-16-14-11-26-27(4)17(14)25-13-24-16/h6-7,10-11,13H,5,8-9,12H2,1-4H3,(H2,20,22,23)(H,21,24,25). The van der Waals surface area contributed by atoms with Crippen molar-refractivity contribution >= 4 is 34.1 Å². The zero-order valence-corrected chi connectivity index (χ0v) is 17.7. The van der Waals surface area contributed by atoms with Crippen molar-refractivity contribution in [3.8, 4) is 0 Å². The summed E-state index contributed by atoms with van der Waals surface area (Å²) in [5, 5.41) is 17.3. The number of thiophene rings is 1. The van der Waals surface area contributed by atoms with E-state index in [0.29, 0.717) is 6.54 Å². The number of nitrogens with one attached hydrogen (secondary N) is 3. The Kier molecular flexibility index (Phi) is 6.45. The fraction of sp³-hybridized carbons (Fsp3) is 0.474. The van der Waals surface area contributed by atoms with E-state index < -0.39 is 0 Å². The highest BCUT2D eigenvalue weighted by atomic mass is 32.1. The van der Waals surface area contributed by atoms with E-state index in [2.05, 4.69) is 69.3 Å². The van der Waals surface area contributed by atoms with Crippen LogP contribution in [-0.4, -0.2) is 51.9 Å². The van der Waals surface area contributed by atoms with Gasteiger partial charge in [-0.05, 0) is 18.4 Å². The second-order valence-corrected chi connectivity index (χ2v) is 8.09. The van der Waals surface area contributed by atoms with Crippen molar-refractivity contribution in [2.45, 2.75) is 26.2 Å². The zero-order valence-electron chi connectivity index (χ0n) is 16.9. The molecule has 0 amide bonds. The highest BCUT2D eigenvalue weighted by molar-refractivity contribution is 7.10. The van der Waals surface area contributed by atoms with Gasteiger partial charge in [0.25, 0.3) is 0 Å². The van der Waals surface area contributed by atoms with Crippen LogP contribution in [0.3, 0.4) is 0 Å². The minimum Gasteiger partial charge on any atom is -0.368 e. The molecule has 3 aromatic rings. The molecule has 0 radical (unpaired) electrons. The molecule has 0 atom stereocenters. The van der Waals surface area contributed by atoms with Crippen LogP contribution >= 0.6 is 11.3 Å². The molecule has 3 rings (SSSR count). The summed E-state index contributed by atoms with van der Waals surface area (Å²) in [6, 6.07) is 4.26. The molecule has 8 nitrogen and oxygen atoms in total. The molecule has 3 heterocycles. The van der Waals surface area contributed by atoms with Crippen LogP contribution in [0.15, 0.2) is 35.0 Å². The number of rotatable bonds is 8. The Balaban J connectivity index is 1.54. The summed E-state index contributed by atoms with van der Waals surface area (Å²) in [6.07, 6.45) is 3.33. The summed E-state index contributed by atoms with van der Waals surface area (Å²) in [4.78, 5) is 14.7. The lowest BCUT2D eigenvalue weighted by atomic mass is 9.92. The third-order valence-electron chi connectivity index (χ3n) is 4.40. The summed E-state index contributed by atoms with van der Waals surface area (Å²) >= 11 is 1.78. The molecule has 0 aliphatic rings. The number of fused-ring (bicyclic) bond motifs is 1. The number of aromatic nitrogens is 4.